The normalized spacial score (nSPS) is 13.1. The Balaban J connectivity index is 0.00000213. The van der Waals surface area contributed by atoms with E-state index in [0.29, 0.717) is 17.8 Å². The SMILES string of the molecule is CC.CC.CC.COC(=O)c1cc(NC(=O)c2cc(CNC(=O)C3(C)CCCCC3)ccc2C)ccc1Cl. The molecule has 0 atom stereocenters. The summed E-state index contributed by atoms with van der Waals surface area (Å²) < 4.78 is 4.72. The molecule has 3 rings (SSSR count). The summed E-state index contributed by atoms with van der Waals surface area (Å²) in [5, 5.41) is 6.09. The lowest BCUT2D eigenvalue weighted by Crippen LogP contribution is -2.39. The van der Waals surface area contributed by atoms with Gasteiger partial charge >= 0.3 is 5.97 Å². The molecule has 2 N–H and O–H groups in total. The number of amides is 2. The van der Waals surface area contributed by atoms with Crippen LogP contribution in [0.1, 0.15) is 112 Å². The van der Waals surface area contributed by atoms with Gasteiger partial charge in [-0.05, 0) is 55.2 Å². The van der Waals surface area contributed by atoms with Gasteiger partial charge in [-0.1, -0.05) is 91.5 Å². The first kappa shape index (κ1) is 35.1. The molecule has 212 valence electrons. The van der Waals surface area contributed by atoms with E-state index in [1.807, 2.05) is 67.5 Å². The largest absolute Gasteiger partial charge is 0.465 e. The first-order chi connectivity index (χ1) is 18.2. The summed E-state index contributed by atoms with van der Waals surface area (Å²) in [7, 11) is 1.27. The van der Waals surface area contributed by atoms with E-state index in [9.17, 15) is 14.4 Å². The zero-order valence-corrected chi connectivity index (χ0v) is 25.5. The fraction of sp³-hybridized carbons (Fsp3) is 0.516. The summed E-state index contributed by atoms with van der Waals surface area (Å²) in [6.45, 7) is 16.2. The maximum absolute atomic E-state index is 12.9. The Kier molecular flexibility index (Phi) is 17.0. The van der Waals surface area contributed by atoms with Crippen molar-refractivity contribution in [2.24, 2.45) is 5.41 Å². The lowest BCUT2D eigenvalue weighted by atomic mass is 9.75. The molecule has 0 bridgehead atoms. The Hall–Kier alpha value is -2.86. The van der Waals surface area contributed by atoms with E-state index in [4.69, 9.17) is 16.3 Å². The van der Waals surface area contributed by atoms with Gasteiger partial charge < -0.3 is 15.4 Å². The molecule has 0 saturated heterocycles. The Labute approximate surface area is 234 Å². The molecule has 1 saturated carbocycles. The first-order valence-corrected chi connectivity index (χ1v) is 14.2. The molecule has 0 aromatic heterocycles. The number of halogens is 1. The minimum Gasteiger partial charge on any atom is -0.465 e. The highest BCUT2D eigenvalue weighted by Crippen LogP contribution is 2.35. The summed E-state index contributed by atoms with van der Waals surface area (Å²) in [5.74, 6) is -0.819. The van der Waals surface area contributed by atoms with Crippen LogP contribution < -0.4 is 10.6 Å². The molecule has 1 aliphatic carbocycles. The molecule has 1 aliphatic rings. The number of nitrogens with one attached hydrogen (secondary N) is 2. The number of carbonyl (C=O) groups is 3. The number of aryl methyl sites for hydroxylation is 1. The third kappa shape index (κ3) is 10.1. The molecule has 7 heteroatoms. The summed E-state index contributed by atoms with van der Waals surface area (Å²) >= 11 is 6.05. The average molecular weight is 547 g/mol. The topological polar surface area (TPSA) is 84.5 Å². The van der Waals surface area contributed by atoms with Crippen LogP contribution >= 0.6 is 11.6 Å². The van der Waals surface area contributed by atoms with Crippen molar-refractivity contribution >= 4 is 35.1 Å². The van der Waals surface area contributed by atoms with Crippen molar-refractivity contribution in [1.29, 1.82) is 0 Å². The van der Waals surface area contributed by atoms with E-state index in [-0.39, 0.29) is 27.8 Å². The van der Waals surface area contributed by atoms with E-state index < -0.39 is 5.97 Å². The summed E-state index contributed by atoms with van der Waals surface area (Å²) in [6.07, 6.45) is 5.18. The van der Waals surface area contributed by atoms with Crippen molar-refractivity contribution in [3.05, 3.63) is 63.7 Å². The molecule has 6 nitrogen and oxygen atoms in total. The number of anilines is 1. The standard InChI is InChI=1S/C25H29ClN2O4.3C2H6/c1-16-7-8-17(15-27-24(31)25(2)11-5-4-6-12-25)13-19(16)22(29)28-18-9-10-21(26)20(14-18)23(30)32-3;3*1-2/h7-10,13-14H,4-6,11-12,15H2,1-3H3,(H,27,31)(H,28,29);3*1-2H3. The molecule has 0 unspecified atom stereocenters. The van der Waals surface area contributed by atoms with Crippen molar-refractivity contribution in [2.45, 2.75) is 94.0 Å². The molecule has 0 aliphatic heterocycles. The number of benzene rings is 2. The van der Waals surface area contributed by atoms with Crippen LogP contribution in [0.2, 0.25) is 5.02 Å². The van der Waals surface area contributed by atoms with Gasteiger partial charge in [0.1, 0.15) is 0 Å². The van der Waals surface area contributed by atoms with Gasteiger partial charge in [0, 0.05) is 23.2 Å². The minimum atomic E-state index is -0.577. The second-order valence-corrected chi connectivity index (χ2v) is 9.00. The van der Waals surface area contributed by atoms with Crippen molar-refractivity contribution in [1.82, 2.24) is 5.32 Å². The third-order valence-electron chi connectivity index (χ3n) is 6.13. The fourth-order valence-electron chi connectivity index (χ4n) is 4.05. The van der Waals surface area contributed by atoms with Crippen LogP contribution in [0.4, 0.5) is 5.69 Å². The Morgan fingerprint density at radius 3 is 2.08 bits per heavy atom. The van der Waals surface area contributed by atoms with Gasteiger partial charge in [-0.2, -0.15) is 0 Å². The second-order valence-electron chi connectivity index (χ2n) is 8.59. The summed E-state index contributed by atoms with van der Waals surface area (Å²) in [5.41, 5.74) is 2.45. The first-order valence-electron chi connectivity index (χ1n) is 13.8. The summed E-state index contributed by atoms with van der Waals surface area (Å²) in [6, 6.07) is 10.2. The van der Waals surface area contributed by atoms with Gasteiger partial charge in [-0.3, -0.25) is 9.59 Å². The fourth-order valence-corrected chi connectivity index (χ4v) is 4.24. The molecule has 2 aromatic rings. The van der Waals surface area contributed by atoms with Gasteiger partial charge in [0.05, 0.1) is 17.7 Å². The summed E-state index contributed by atoms with van der Waals surface area (Å²) in [4.78, 5) is 37.5. The van der Waals surface area contributed by atoms with E-state index in [1.165, 1.54) is 25.7 Å². The number of hydrogen-bond donors (Lipinski definition) is 2. The number of carbonyl (C=O) groups excluding carboxylic acids is 3. The maximum Gasteiger partial charge on any atom is 0.339 e. The molecule has 0 radical (unpaired) electrons. The van der Waals surface area contributed by atoms with Crippen LogP contribution in [-0.4, -0.2) is 24.9 Å². The lowest BCUT2D eigenvalue weighted by molar-refractivity contribution is -0.132. The van der Waals surface area contributed by atoms with Crippen molar-refractivity contribution in [2.75, 3.05) is 12.4 Å². The number of esters is 1. The van der Waals surface area contributed by atoms with Gasteiger partial charge in [-0.25, -0.2) is 4.79 Å². The number of methoxy groups -OCH3 is 1. The van der Waals surface area contributed by atoms with Gasteiger partial charge in [0.15, 0.2) is 0 Å². The third-order valence-corrected chi connectivity index (χ3v) is 6.46. The van der Waals surface area contributed by atoms with Crippen LogP contribution in [0.25, 0.3) is 0 Å². The lowest BCUT2D eigenvalue weighted by Gasteiger charge is -2.32. The smallest absolute Gasteiger partial charge is 0.339 e. The van der Waals surface area contributed by atoms with Gasteiger partial charge in [0.2, 0.25) is 5.91 Å². The number of ether oxygens (including phenoxy) is 1. The Bertz CT molecular complexity index is 1030. The number of hydrogen-bond acceptors (Lipinski definition) is 4. The van der Waals surface area contributed by atoms with Gasteiger partial charge in [-0.15, -0.1) is 0 Å². The van der Waals surface area contributed by atoms with E-state index in [1.54, 1.807) is 12.1 Å². The van der Waals surface area contributed by atoms with Gasteiger partial charge in [0.25, 0.3) is 5.91 Å². The highest BCUT2D eigenvalue weighted by molar-refractivity contribution is 6.33. The van der Waals surface area contributed by atoms with Crippen LogP contribution in [0, 0.1) is 12.3 Å². The van der Waals surface area contributed by atoms with Crippen LogP contribution in [0.15, 0.2) is 36.4 Å². The minimum absolute atomic E-state index is 0.0697. The molecular weight excluding hydrogens is 500 g/mol. The maximum atomic E-state index is 12.9. The molecule has 2 aromatic carbocycles. The van der Waals surface area contributed by atoms with Crippen molar-refractivity contribution < 1.29 is 19.1 Å². The predicted molar refractivity (Wildman–Crippen MR) is 159 cm³/mol. The molecule has 0 spiro atoms. The van der Waals surface area contributed by atoms with E-state index in [0.717, 1.165) is 36.8 Å². The zero-order valence-electron chi connectivity index (χ0n) is 24.7. The second kappa shape index (κ2) is 18.4. The molecular formula is C31H47ClN2O4. The monoisotopic (exact) mass is 546 g/mol. The van der Waals surface area contributed by atoms with Crippen molar-refractivity contribution in [3.63, 3.8) is 0 Å². The Morgan fingerprint density at radius 1 is 0.895 bits per heavy atom. The quantitative estimate of drug-likeness (QED) is 0.356. The Morgan fingerprint density at radius 2 is 1.50 bits per heavy atom. The highest BCUT2D eigenvalue weighted by Gasteiger charge is 2.34. The highest BCUT2D eigenvalue weighted by atomic mass is 35.5. The van der Waals surface area contributed by atoms with Crippen LogP contribution in [0.5, 0.6) is 0 Å². The van der Waals surface area contributed by atoms with E-state index >= 15 is 0 Å². The van der Waals surface area contributed by atoms with E-state index in [2.05, 4.69) is 10.6 Å². The molecule has 2 amide bonds. The zero-order chi connectivity index (χ0) is 29.3. The van der Waals surface area contributed by atoms with Crippen molar-refractivity contribution in [3.8, 4) is 0 Å². The average Bonchev–Trinajstić information content (AvgIpc) is 2.96. The molecule has 0 heterocycles. The van der Waals surface area contributed by atoms with Crippen LogP contribution in [-0.2, 0) is 16.1 Å². The van der Waals surface area contributed by atoms with Crippen LogP contribution in [0.3, 0.4) is 0 Å². The number of rotatable bonds is 6. The predicted octanol–water partition coefficient (Wildman–Crippen LogP) is 8.35. The molecule has 1 fully saturated rings. The molecule has 38 heavy (non-hydrogen) atoms.